The Hall–Kier alpha value is -2.64. The Labute approximate surface area is 120 Å². The van der Waals surface area contributed by atoms with Gasteiger partial charge in [0.15, 0.2) is 0 Å². The Kier molecular flexibility index (Phi) is 4.36. The largest absolute Gasteiger partial charge is 0.465 e. The number of rotatable bonds is 4. The van der Waals surface area contributed by atoms with E-state index in [0.717, 1.165) is 0 Å². The highest BCUT2D eigenvalue weighted by Gasteiger charge is 2.21. The molecule has 0 atom stereocenters. The molecular formula is C13H14N2O6. The van der Waals surface area contributed by atoms with Crippen LogP contribution in [0, 0.1) is 6.92 Å². The molecule has 0 aliphatic carbocycles. The van der Waals surface area contributed by atoms with E-state index in [2.05, 4.69) is 15.3 Å². The Morgan fingerprint density at radius 2 is 2.14 bits per heavy atom. The topological polar surface area (TPSA) is 107 Å². The van der Waals surface area contributed by atoms with E-state index in [-0.39, 0.29) is 36.6 Å². The molecule has 0 unspecified atom stereocenters. The number of aryl methyl sites for hydroxylation is 1. The van der Waals surface area contributed by atoms with Crippen LogP contribution in [0.1, 0.15) is 34.7 Å². The molecule has 21 heavy (non-hydrogen) atoms. The minimum Gasteiger partial charge on any atom is -0.465 e. The lowest BCUT2D eigenvalue weighted by molar-refractivity contribution is -0.137. The fourth-order valence-electron chi connectivity index (χ4n) is 1.77. The van der Waals surface area contributed by atoms with E-state index in [1.807, 2.05) is 0 Å². The molecule has 2 rings (SSSR count). The number of carbonyl (C=O) groups excluding carboxylic acids is 3. The number of furan rings is 1. The van der Waals surface area contributed by atoms with Crippen molar-refractivity contribution in [2.24, 2.45) is 5.10 Å². The predicted molar refractivity (Wildman–Crippen MR) is 69.4 cm³/mol. The lowest BCUT2D eigenvalue weighted by Crippen LogP contribution is -2.30. The molecule has 1 N–H and O–H groups in total. The standard InChI is InChI=1S/C13H14N2O6/c1-7-9(12(17)19-2)5-8(21-7)6-20-13(18)10-3-4-11(16)15-14-10/h5H,3-4,6H2,1-2H3,(H,15,16). The molecule has 8 heteroatoms. The number of hydrogen-bond acceptors (Lipinski definition) is 7. The Bertz CT molecular complexity index is 616. The predicted octanol–water partition coefficient (Wildman–Crippen LogP) is 0.684. The summed E-state index contributed by atoms with van der Waals surface area (Å²) in [6.45, 7) is 1.47. The summed E-state index contributed by atoms with van der Waals surface area (Å²) in [6.07, 6.45) is 0.426. The molecule has 2 heterocycles. The highest BCUT2D eigenvalue weighted by molar-refractivity contribution is 6.37. The Morgan fingerprint density at radius 1 is 1.38 bits per heavy atom. The molecule has 112 valence electrons. The first-order valence-corrected chi connectivity index (χ1v) is 6.21. The second-order valence-electron chi connectivity index (χ2n) is 4.34. The van der Waals surface area contributed by atoms with Crippen molar-refractivity contribution in [3.8, 4) is 0 Å². The van der Waals surface area contributed by atoms with E-state index in [1.165, 1.54) is 13.2 Å². The summed E-state index contributed by atoms with van der Waals surface area (Å²) in [4.78, 5) is 34.1. The molecule has 0 aromatic carbocycles. The van der Waals surface area contributed by atoms with Gasteiger partial charge < -0.3 is 13.9 Å². The van der Waals surface area contributed by atoms with Crippen molar-refractivity contribution in [2.45, 2.75) is 26.4 Å². The normalized spacial score (nSPS) is 14.2. The van der Waals surface area contributed by atoms with Gasteiger partial charge >= 0.3 is 11.9 Å². The summed E-state index contributed by atoms with van der Waals surface area (Å²) < 4.78 is 14.9. The summed E-state index contributed by atoms with van der Waals surface area (Å²) in [7, 11) is 1.27. The van der Waals surface area contributed by atoms with Gasteiger partial charge in [-0.25, -0.2) is 15.0 Å². The lowest BCUT2D eigenvalue weighted by atomic mass is 10.2. The maximum absolute atomic E-state index is 11.7. The van der Waals surface area contributed by atoms with E-state index in [4.69, 9.17) is 9.15 Å². The summed E-state index contributed by atoms with van der Waals surface area (Å²) in [5.41, 5.74) is 2.64. The zero-order valence-electron chi connectivity index (χ0n) is 11.6. The molecule has 1 aromatic rings. The van der Waals surface area contributed by atoms with E-state index >= 15 is 0 Å². The summed E-state index contributed by atoms with van der Waals surface area (Å²) in [5.74, 6) is -0.690. The third-order valence-corrected chi connectivity index (χ3v) is 2.86. The Morgan fingerprint density at radius 3 is 2.76 bits per heavy atom. The molecule has 1 amide bonds. The molecule has 0 saturated heterocycles. The van der Waals surface area contributed by atoms with Gasteiger partial charge in [-0.1, -0.05) is 0 Å². The first-order valence-electron chi connectivity index (χ1n) is 6.21. The quantitative estimate of drug-likeness (QED) is 0.818. The molecule has 0 saturated carbocycles. The van der Waals surface area contributed by atoms with Crippen molar-refractivity contribution < 1.29 is 28.3 Å². The zero-order valence-corrected chi connectivity index (χ0v) is 11.6. The van der Waals surface area contributed by atoms with Gasteiger partial charge in [-0.3, -0.25) is 4.79 Å². The number of nitrogens with one attached hydrogen (secondary N) is 1. The summed E-state index contributed by atoms with van der Waals surface area (Å²) in [5, 5.41) is 3.62. The van der Waals surface area contributed by atoms with E-state index < -0.39 is 11.9 Å². The molecule has 1 aliphatic heterocycles. The lowest BCUT2D eigenvalue weighted by Gasteiger charge is -2.10. The van der Waals surface area contributed by atoms with Crippen LogP contribution in [0.4, 0.5) is 0 Å². The highest BCUT2D eigenvalue weighted by atomic mass is 16.5. The third-order valence-electron chi connectivity index (χ3n) is 2.86. The molecular weight excluding hydrogens is 280 g/mol. The van der Waals surface area contributed by atoms with Crippen molar-refractivity contribution in [1.82, 2.24) is 5.43 Å². The van der Waals surface area contributed by atoms with E-state index in [1.54, 1.807) is 6.92 Å². The van der Waals surface area contributed by atoms with Gasteiger partial charge in [-0.2, -0.15) is 5.10 Å². The number of methoxy groups -OCH3 is 1. The van der Waals surface area contributed by atoms with Gasteiger partial charge in [0.1, 0.15) is 29.4 Å². The fourth-order valence-corrected chi connectivity index (χ4v) is 1.77. The van der Waals surface area contributed by atoms with E-state index in [9.17, 15) is 14.4 Å². The average molecular weight is 294 g/mol. The number of carbonyl (C=O) groups is 3. The van der Waals surface area contributed by atoms with Crippen LogP contribution in [0.3, 0.4) is 0 Å². The molecule has 1 aromatic heterocycles. The van der Waals surface area contributed by atoms with Crippen LogP contribution in [0.5, 0.6) is 0 Å². The van der Waals surface area contributed by atoms with Crippen molar-refractivity contribution in [3.05, 3.63) is 23.2 Å². The second kappa shape index (κ2) is 6.21. The van der Waals surface area contributed by atoms with Crippen LogP contribution in [0.25, 0.3) is 0 Å². The number of esters is 2. The summed E-state index contributed by atoms with van der Waals surface area (Å²) in [6, 6.07) is 1.46. The number of hydrogen-bond donors (Lipinski definition) is 1. The fraction of sp³-hybridized carbons (Fsp3) is 0.385. The molecule has 1 aliphatic rings. The zero-order chi connectivity index (χ0) is 15.4. The number of ether oxygens (including phenoxy) is 2. The van der Waals surface area contributed by atoms with Gasteiger partial charge in [-0.05, 0) is 13.0 Å². The molecule has 0 fully saturated rings. The van der Waals surface area contributed by atoms with Crippen LogP contribution in [-0.2, 0) is 25.7 Å². The SMILES string of the molecule is COC(=O)c1cc(COC(=O)C2=NNC(=O)CC2)oc1C. The minimum absolute atomic E-state index is 0.135. The molecule has 0 bridgehead atoms. The number of hydrazone groups is 1. The monoisotopic (exact) mass is 294 g/mol. The van der Waals surface area contributed by atoms with Gasteiger partial charge in [0.2, 0.25) is 5.91 Å². The minimum atomic E-state index is -0.635. The van der Waals surface area contributed by atoms with Crippen LogP contribution >= 0.6 is 0 Å². The third kappa shape index (κ3) is 3.47. The molecule has 0 spiro atoms. The van der Waals surface area contributed by atoms with Gasteiger partial charge in [0, 0.05) is 12.8 Å². The van der Waals surface area contributed by atoms with E-state index in [0.29, 0.717) is 11.5 Å². The molecule has 8 nitrogen and oxygen atoms in total. The van der Waals surface area contributed by atoms with Gasteiger partial charge in [0.05, 0.1) is 7.11 Å². The first kappa shape index (κ1) is 14.8. The molecule has 0 radical (unpaired) electrons. The number of nitrogens with zero attached hydrogens (tertiary/aromatic N) is 1. The van der Waals surface area contributed by atoms with Gasteiger partial charge in [-0.15, -0.1) is 0 Å². The van der Waals surface area contributed by atoms with Crippen LogP contribution in [-0.4, -0.2) is 30.7 Å². The van der Waals surface area contributed by atoms with Crippen LogP contribution < -0.4 is 5.43 Å². The maximum Gasteiger partial charge on any atom is 0.354 e. The van der Waals surface area contributed by atoms with Crippen molar-refractivity contribution >= 4 is 23.6 Å². The number of amides is 1. The first-order chi connectivity index (χ1) is 10.0. The van der Waals surface area contributed by atoms with Crippen LogP contribution in [0.2, 0.25) is 0 Å². The van der Waals surface area contributed by atoms with Crippen molar-refractivity contribution in [3.63, 3.8) is 0 Å². The second-order valence-corrected chi connectivity index (χ2v) is 4.34. The Balaban J connectivity index is 1.96. The van der Waals surface area contributed by atoms with Crippen LogP contribution in [0.15, 0.2) is 15.6 Å². The van der Waals surface area contributed by atoms with Crippen molar-refractivity contribution in [1.29, 1.82) is 0 Å². The average Bonchev–Trinajstić information content (AvgIpc) is 2.86. The maximum atomic E-state index is 11.7. The highest BCUT2D eigenvalue weighted by Crippen LogP contribution is 2.16. The van der Waals surface area contributed by atoms with Gasteiger partial charge in [0.25, 0.3) is 0 Å². The smallest absolute Gasteiger partial charge is 0.354 e. The summed E-state index contributed by atoms with van der Waals surface area (Å²) >= 11 is 0. The van der Waals surface area contributed by atoms with Crippen molar-refractivity contribution in [2.75, 3.05) is 7.11 Å².